The number of Topliss-reactive ketones (excluding diaryl/α,β-unsaturated/α-hetero) is 1. The van der Waals surface area contributed by atoms with Crippen LogP contribution in [0.4, 0.5) is 5.82 Å². The Morgan fingerprint density at radius 1 is 1.24 bits per heavy atom. The molecule has 0 aromatic carbocycles. The van der Waals surface area contributed by atoms with Crippen LogP contribution in [0.5, 0.6) is 0 Å². The van der Waals surface area contributed by atoms with Crippen LogP contribution in [0.25, 0.3) is 0 Å². The molecule has 21 heavy (non-hydrogen) atoms. The van der Waals surface area contributed by atoms with E-state index in [-0.39, 0.29) is 5.41 Å². The number of hydrogen-bond donors (Lipinski definition) is 1. The van der Waals surface area contributed by atoms with Gasteiger partial charge in [-0.15, -0.1) is 0 Å². The molecule has 0 unspecified atom stereocenters. The van der Waals surface area contributed by atoms with Gasteiger partial charge >= 0.3 is 0 Å². The van der Waals surface area contributed by atoms with E-state index in [1.54, 1.807) is 6.20 Å². The largest absolute Gasteiger partial charge is 0.370 e. The molecule has 4 fully saturated rings. The molecule has 4 saturated carbocycles. The van der Waals surface area contributed by atoms with Gasteiger partial charge in [-0.25, -0.2) is 4.98 Å². The van der Waals surface area contributed by atoms with Crippen molar-refractivity contribution < 1.29 is 4.79 Å². The second-order valence-corrected chi connectivity index (χ2v) is 7.46. The van der Waals surface area contributed by atoms with Gasteiger partial charge in [-0.05, 0) is 75.3 Å². The second kappa shape index (κ2) is 4.82. The Hall–Kier alpha value is -1.38. The van der Waals surface area contributed by atoms with Crippen LogP contribution in [0.1, 0.15) is 55.8 Å². The Bertz CT molecular complexity index is 531. The van der Waals surface area contributed by atoms with Gasteiger partial charge < -0.3 is 5.32 Å². The number of carbonyl (C=O) groups is 1. The molecule has 0 amide bonds. The molecular formula is C18H24N2O. The first-order valence-corrected chi connectivity index (χ1v) is 8.44. The third-order valence-corrected chi connectivity index (χ3v) is 5.92. The predicted molar refractivity (Wildman–Crippen MR) is 83.3 cm³/mol. The van der Waals surface area contributed by atoms with Crippen LogP contribution >= 0.6 is 0 Å². The first kappa shape index (κ1) is 13.3. The minimum Gasteiger partial charge on any atom is -0.370 e. The van der Waals surface area contributed by atoms with Gasteiger partial charge in [0.15, 0.2) is 5.78 Å². The van der Waals surface area contributed by atoms with Crippen molar-refractivity contribution in [2.75, 3.05) is 11.9 Å². The van der Waals surface area contributed by atoms with E-state index in [0.717, 1.165) is 54.9 Å². The Morgan fingerprint density at radius 2 is 1.86 bits per heavy atom. The summed E-state index contributed by atoms with van der Waals surface area (Å²) in [5.41, 5.74) is 0.753. The number of nitrogens with zero attached hydrogens (tertiary/aromatic N) is 1. The fourth-order valence-corrected chi connectivity index (χ4v) is 5.57. The Labute approximate surface area is 126 Å². The molecule has 3 heteroatoms. The maximum absolute atomic E-state index is 13.3. The quantitative estimate of drug-likeness (QED) is 0.852. The van der Waals surface area contributed by atoms with E-state index in [1.165, 1.54) is 19.3 Å². The first-order chi connectivity index (χ1) is 10.2. The topological polar surface area (TPSA) is 42.0 Å². The number of rotatable bonds is 4. The lowest BCUT2D eigenvalue weighted by Gasteiger charge is -2.56. The van der Waals surface area contributed by atoms with Gasteiger partial charge in [0.25, 0.3) is 0 Å². The second-order valence-electron chi connectivity index (χ2n) is 7.46. The summed E-state index contributed by atoms with van der Waals surface area (Å²) >= 11 is 0. The minimum atomic E-state index is -0.0675. The molecule has 1 N–H and O–H groups in total. The van der Waals surface area contributed by atoms with Crippen LogP contribution in [0.15, 0.2) is 18.3 Å². The summed E-state index contributed by atoms with van der Waals surface area (Å²) in [6.45, 7) is 2.85. The Morgan fingerprint density at radius 3 is 2.43 bits per heavy atom. The smallest absolute Gasteiger partial charge is 0.172 e. The summed E-state index contributed by atoms with van der Waals surface area (Å²) in [6, 6.07) is 3.86. The molecule has 0 saturated heterocycles. The summed E-state index contributed by atoms with van der Waals surface area (Å²) in [5.74, 6) is 3.56. The van der Waals surface area contributed by atoms with Crippen molar-refractivity contribution >= 4 is 11.6 Å². The van der Waals surface area contributed by atoms with E-state index < -0.39 is 0 Å². The maximum atomic E-state index is 13.3. The first-order valence-electron chi connectivity index (χ1n) is 8.44. The lowest BCUT2D eigenvalue weighted by atomic mass is 9.48. The lowest BCUT2D eigenvalue weighted by molar-refractivity contribution is -0.0352. The maximum Gasteiger partial charge on any atom is 0.172 e. The fraction of sp³-hybridized carbons (Fsp3) is 0.667. The van der Waals surface area contributed by atoms with Crippen molar-refractivity contribution in [3.63, 3.8) is 0 Å². The van der Waals surface area contributed by atoms with E-state index in [9.17, 15) is 4.79 Å². The highest BCUT2D eigenvalue weighted by Gasteiger charge is 2.54. The number of pyridine rings is 1. The number of ketones is 1. The number of aromatic nitrogens is 1. The monoisotopic (exact) mass is 284 g/mol. The van der Waals surface area contributed by atoms with Crippen LogP contribution < -0.4 is 5.32 Å². The number of carbonyl (C=O) groups excluding carboxylic acids is 1. The van der Waals surface area contributed by atoms with Crippen molar-refractivity contribution in [3.05, 3.63) is 23.9 Å². The van der Waals surface area contributed by atoms with Crippen LogP contribution in [0.2, 0.25) is 0 Å². The van der Waals surface area contributed by atoms with Gasteiger partial charge in [0.05, 0.1) is 5.56 Å². The van der Waals surface area contributed by atoms with Gasteiger partial charge in [0.2, 0.25) is 0 Å². The van der Waals surface area contributed by atoms with Crippen molar-refractivity contribution in [3.8, 4) is 0 Å². The van der Waals surface area contributed by atoms with Crippen molar-refractivity contribution in [1.29, 1.82) is 0 Å². The molecule has 0 spiro atoms. The molecule has 1 heterocycles. The molecule has 0 radical (unpaired) electrons. The average Bonchev–Trinajstić information content (AvgIpc) is 2.46. The molecule has 1 aromatic rings. The molecule has 1 aromatic heterocycles. The molecule has 112 valence electrons. The molecule has 4 aliphatic carbocycles. The normalized spacial score (nSPS) is 36.7. The summed E-state index contributed by atoms with van der Waals surface area (Å²) in [7, 11) is 0. The fourth-order valence-electron chi connectivity index (χ4n) is 5.57. The Kier molecular flexibility index (Phi) is 3.05. The van der Waals surface area contributed by atoms with Gasteiger partial charge in [-0.2, -0.15) is 0 Å². The third-order valence-electron chi connectivity index (χ3n) is 5.92. The van der Waals surface area contributed by atoms with Gasteiger partial charge in [-0.3, -0.25) is 4.79 Å². The van der Waals surface area contributed by atoms with Crippen LogP contribution in [0, 0.1) is 23.2 Å². The van der Waals surface area contributed by atoms with E-state index in [2.05, 4.69) is 10.3 Å². The molecule has 3 nitrogen and oxygen atoms in total. The van der Waals surface area contributed by atoms with Gasteiger partial charge in [0.1, 0.15) is 5.82 Å². The minimum absolute atomic E-state index is 0.0675. The zero-order valence-corrected chi connectivity index (χ0v) is 12.8. The molecule has 5 rings (SSSR count). The highest BCUT2D eigenvalue weighted by molar-refractivity contribution is 6.04. The summed E-state index contributed by atoms with van der Waals surface area (Å²) in [5, 5.41) is 3.26. The summed E-state index contributed by atoms with van der Waals surface area (Å²) in [6.07, 6.45) is 9.27. The molecular weight excluding hydrogens is 260 g/mol. The number of hydrogen-bond acceptors (Lipinski definition) is 3. The predicted octanol–water partition coefficient (Wildman–Crippen LogP) is 3.91. The SMILES string of the molecule is CCNc1ncccc1C(=O)C12CC3CC(CC(C3)C1)C2. The molecule has 0 atom stereocenters. The van der Waals surface area contributed by atoms with Gasteiger partial charge in [0, 0.05) is 18.2 Å². The van der Waals surface area contributed by atoms with Crippen LogP contribution in [-0.2, 0) is 0 Å². The highest BCUT2D eigenvalue weighted by Crippen LogP contribution is 2.61. The van der Waals surface area contributed by atoms with E-state index in [1.807, 2.05) is 19.1 Å². The molecule has 4 bridgehead atoms. The van der Waals surface area contributed by atoms with Crippen molar-refractivity contribution in [1.82, 2.24) is 4.98 Å². The van der Waals surface area contributed by atoms with Gasteiger partial charge in [-0.1, -0.05) is 0 Å². The van der Waals surface area contributed by atoms with Crippen LogP contribution in [0.3, 0.4) is 0 Å². The van der Waals surface area contributed by atoms with E-state index in [4.69, 9.17) is 0 Å². The van der Waals surface area contributed by atoms with Crippen molar-refractivity contribution in [2.24, 2.45) is 23.2 Å². The zero-order chi connectivity index (χ0) is 14.4. The summed E-state index contributed by atoms with van der Waals surface area (Å²) in [4.78, 5) is 17.7. The Balaban J connectivity index is 1.69. The van der Waals surface area contributed by atoms with E-state index >= 15 is 0 Å². The lowest BCUT2D eigenvalue weighted by Crippen LogP contribution is -2.50. The third kappa shape index (κ3) is 2.09. The number of anilines is 1. The van der Waals surface area contributed by atoms with Crippen molar-refractivity contribution in [2.45, 2.75) is 45.4 Å². The number of nitrogens with one attached hydrogen (secondary N) is 1. The summed E-state index contributed by atoms with van der Waals surface area (Å²) < 4.78 is 0. The van der Waals surface area contributed by atoms with E-state index in [0.29, 0.717) is 5.78 Å². The standard InChI is InChI=1S/C18H24N2O/c1-2-19-17-15(4-3-5-20-17)16(21)18-9-12-6-13(10-18)8-14(7-12)11-18/h3-5,12-14H,2,6-11H2,1H3,(H,19,20). The highest BCUT2D eigenvalue weighted by atomic mass is 16.1. The molecule has 0 aliphatic heterocycles. The van der Waals surface area contributed by atoms with Crippen LogP contribution in [-0.4, -0.2) is 17.3 Å². The zero-order valence-electron chi connectivity index (χ0n) is 12.8. The molecule has 4 aliphatic rings. The average molecular weight is 284 g/mol.